The van der Waals surface area contributed by atoms with Crippen LogP contribution in [0.2, 0.25) is 13.1 Å². The van der Waals surface area contributed by atoms with Crippen LogP contribution in [-0.2, 0) is 34.6 Å². The Morgan fingerprint density at radius 2 is 1.19 bits per heavy atom. The van der Waals surface area contributed by atoms with E-state index in [0.717, 1.165) is 0 Å². The average Bonchev–Trinajstić information content (AvgIpc) is 3.02. The Balaban J connectivity index is -0.00000210. The van der Waals surface area contributed by atoms with Crippen LogP contribution in [0.5, 0.6) is 0 Å². The van der Waals surface area contributed by atoms with Gasteiger partial charge in [0.1, 0.15) is 0 Å². The van der Waals surface area contributed by atoms with Crippen molar-refractivity contribution < 1.29 is 58.9 Å². The Hall–Kier alpha value is 0.371. The minimum atomic E-state index is -1.65. The molecule has 0 atom stereocenters. The molecule has 0 radical (unpaired) electrons. The Bertz CT molecular complexity index is 710. The molecule has 0 unspecified atom stereocenters. The average molecular weight is 550 g/mol. The first-order valence-corrected chi connectivity index (χ1v) is 14.8. The van der Waals surface area contributed by atoms with Gasteiger partial charge in [-0.05, 0) is 36.8 Å². The van der Waals surface area contributed by atoms with Crippen molar-refractivity contribution in [3.8, 4) is 0 Å². The molecule has 0 bridgehead atoms. The van der Waals surface area contributed by atoms with E-state index in [2.05, 4.69) is 71.1 Å². The zero-order valence-corrected chi connectivity index (χ0v) is 25.9. The first-order chi connectivity index (χ1) is 13.4. The van der Waals surface area contributed by atoms with Crippen LogP contribution in [-0.4, -0.2) is 8.07 Å². The monoisotopic (exact) mass is 548 g/mol. The van der Waals surface area contributed by atoms with Crippen molar-refractivity contribution in [2.45, 2.75) is 105 Å². The minimum Gasteiger partial charge on any atom is -1.00 e. The molecule has 0 aliphatic heterocycles. The fourth-order valence-electron chi connectivity index (χ4n) is 4.43. The minimum absolute atomic E-state index is 0. The summed E-state index contributed by atoms with van der Waals surface area (Å²) in [5.41, 5.74) is 6.14. The maximum atomic E-state index is 2.56. The molecule has 32 heavy (non-hydrogen) atoms. The summed E-state index contributed by atoms with van der Waals surface area (Å²) < 4.78 is 0. The maximum Gasteiger partial charge on any atom is 4.00 e. The van der Waals surface area contributed by atoms with Gasteiger partial charge in [0.25, 0.3) is 0 Å². The molecule has 180 valence electrons. The molecular formula is C27H43Cl3SiTi. The quantitative estimate of drug-likeness (QED) is 0.165. The summed E-state index contributed by atoms with van der Waals surface area (Å²) in [5, 5.41) is 3.27. The Labute approximate surface area is 233 Å². The fraction of sp³-hybridized carbons (Fsp3) is 0.593. The van der Waals surface area contributed by atoms with Crippen LogP contribution in [0.1, 0.15) is 87.5 Å². The standard InChI is InChI=1S/C27H43Si.3ClH.Ti/c1-7-9-11-13-15-24-19-25(16-14-12-10-8-2)21-26(20-24)28(5,6)27-18-17-22(3)23(27)4;;;;/h17-21H,7-16H2,1-6H3;3*1H;/q-1;;;;+4/p-3. The van der Waals surface area contributed by atoms with E-state index in [-0.39, 0.29) is 58.9 Å². The van der Waals surface area contributed by atoms with Crippen molar-refractivity contribution >= 4 is 18.4 Å². The molecule has 5 heteroatoms. The molecule has 0 heterocycles. The summed E-state index contributed by atoms with van der Waals surface area (Å²) in [6.45, 7) is 14.3. The van der Waals surface area contributed by atoms with E-state index < -0.39 is 8.07 Å². The second-order valence-corrected chi connectivity index (χ2v) is 13.7. The third-order valence-electron chi connectivity index (χ3n) is 6.58. The first-order valence-electron chi connectivity index (χ1n) is 11.8. The predicted octanol–water partition coefficient (Wildman–Crippen LogP) is -1.90. The molecule has 0 saturated carbocycles. The summed E-state index contributed by atoms with van der Waals surface area (Å²) >= 11 is 0. The zero-order valence-electron chi connectivity index (χ0n) is 21.1. The van der Waals surface area contributed by atoms with Crippen molar-refractivity contribution in [3.63, 3.8) is 0 Å². The van der Waals surface area contributed by atoms with Crippen molar-refractivity contribution in [2.24, 2.45) is 0 Å². The number of hydrogen-bond acceptors (Lipinski definition) is 0. The third kappa shape index (κ3) is 10.7. The van der Waals surface area contributed by atoms with Crippen LogP contribution >= 0.6 is 0 Å². The van der Waals surface area contributed by atoms with Crippen LogP contribution in [0.25, 0.3) is 0 Å². The van der Waals surface area contributed by atoms with Gasteiger partial charge in [-0.25, -0.2) is 6.07 Å². The van der Waals surface area contributed by atoms with Crippen LogP contribution in [0, 0.1) is 13.8 Å². The topological polar surface area (TPSA) is 0 Å². The van der Waals surface area contributed by atoms with Gasteiger partial charge in [0.05, 0.1) is 8.07 Å². The number of unbranched alkanes of at least 4 members (excludes halogenated alkanes) is 6. The second kappa shape index (κ2) is 18.7. The molecule has 0 aliphatic carbocycles. The maximum absolute atomic E-state index is 2.56. The summed E-state index contributed by atoms with van der Waals surface area (Å²) in [6, 6.07) is 12.4. The molecule has 0 amide bonds. The molecule has 0 saturated heterocycles. The van der Waals surface area contributed by atoms with Crippen LogP contribution in [0.3, 0.4) is 0 Å². The van der Waals surface area contributed by atoms with Crippen LogP contribution < -0.4 is 47.6 Å². The van der Waals surface area contributed by atoms with Crippen molar-refractivity contribution in [1.29, 1.82) is 0 Å². The number of aryl methyl sites for hydroxylation is 3. The van der Waals surface area contributed by atoms with E-state index in [4.69, 9.17) is 0 Å². The summed E-state index contributed by atoms with van der Waals surface area (Å²) in [6.07, 6.45) is 13.3. The van der Waals surface area contributed by atoms with E-state index in [1.165, 1.54) is 75.3 Å². The predicted molar refractivity (Wildman–Crippen MR) is 130 cm³/mol. The normalized spacial score (nSPS) is 10.4. The summed E-state index contributed by atoms with van der Waals surface area (Å²) in [5.74, 6) is 0. The number of rotatable bonds is 12. The van der Waals surface area contributed by atoms with Gasteiger partial charge in [0, 0.05) is 0 Å². The molecule has 0 nitrogen and oxygen atoms in total. The third-order valence-corrected chi connectivity index (χ3v) is 10.2. The molecule has 0 aliphatic rings. The van der Waals surface area contributed by atoms with E-state index in [1.54, 1.807) is 21.5 Å². The number of benzene rings is 1. The Kier molecular flexibility index (Phi) is 21.5. The molecule has 2 aromatic rings. The zero-order chi connectivity index (χ0) is 20.6. The Morgan fingerprint density at radius 3 is 1.56 bits per heavy atom. The molecule has 0 spiro atoms. The number of hydrogen-bond donors (Lipinski definition) is 0. The summed E-state index contributed by atoms with van der Waals surface area (Å²) in [7, 11) is -1.65. The van der Waals surface area contributed by atoms with E-state index in [0.29, 0.717) is 0 Å². The van der Waals surface area contributed by atoms with E-state index in [9.17, 15) is 0 Å². The van der Waals surface area contributed by atoms with Crippen molar-refractivity contribution in [2.75, 3.05) is 0 Å². The van der Waals surface area contributed by atoms with E-state index in [1.807, 2.05) is 0 Å². The first kappa shape index (κ1) is 36.9. The Morgan fingerprint density at radius 1 is 0.719 bits per heavy atom. The van der Waals surface area contributed by atoms with Gasteiger partial charge in [-0.1, -0.05) is 103 Å². The largest absolute Gasteiger partial charge is 4.00 e. The SMILES string of the molecule is CCCCCCc1cc(CCCCCC)cc([Si](C)(C)[c-]2ccc(C)c2C)c1.[Cl-].[Cl-].[Cl-].[Ti+4]. The molecule has 0 N–H and O–H groups in total. The second-order valence-electron chi connectivity index (χ2n) is 9.34. The molecular weight excluding hydrogens is 507 g/mol. The van der Waals surface area contributed by atoms with Gasteiger partial charge < -0.3 is 37.2 Å². The molecule has 0 aromatic heterocycles. The molecule has 2 rings (SSSR count). The van der Waals surface area contributed by atoms with Crippen molar-refractivity contribution in [1.82, 2.24) is 0 Å². The van der Waals surface area contributed by atoms with Gasteiger partial charge in [-0.2, -0.15) is 22.4 Å². The fourth-order valence-corrected chi connectivity index (χ4v) is 7.47. The van der Waals surface area contributed by atoms with Crippen LogP contribution in [0.4, 0.5) is 0 Å². The van der Waals surface area contributed by atoms with Gasteiger partial charge >= 0.3 is 21.7 Å². The van der Waals surface area contributed by atoms with Gasteiger partial charge in [-0.15, -0.1) is 0 Å². The van der Waals surface area contributed by atoms with Crippen LogP contribution in [0.15, 0.2) is 30.3 Å². The molecule has 0 fully saturated rings. The van der Waals surface area contributed by atoms with Gasteiger partial charge in [0.2, 0.25) is 0 Å². The van der Waals surface area contributed by atoms with Crippen molar-refractivity contribution in [3.05, 3.63) is 52.6 Å². The summed E-state index contributed by atoms with van der Waals surface area (Å²) in [4.78, 5) is 0. The number of halogens is 3. The van der Waals surface area contributed by atoms with E-state index >= 15 is 0 Å². The van der Waals surface area contributed by atoms with Gasteiger partial charge in [-0.3, -0.25) is 0 Å². The smallest absolute Gasteiger partial charge is 1.00 e. The van der Waals surface area contributed by atoms with Gasteiger partial charge in [0.15, 0.2) is 0 Å². The molecule has 2 aromatic carbocycles.